The van der Waals surface area contributed by atoms with E-state index in [9.17, 15) is 4.79 Å². The Morgan fingerprint density at radius 1 is 1.53 bits per heavy atom. The molecule has 17 heavy (non-hydrogen) atoms. The van der Waals surface area contributed by atoms with Crippen molar-refractivity contribution in [1.82, 2.24) is 10.2 Å². The largest absolute Gasteiger partial charge is 0.394 e. The van der Waals surface area contributed by atoms with Gasteiger partial charge < -0.3 is 15.2 Å². The van der Waals surface area contributed by atoms with Gasteiger partial charge in [0.25, 0.3) is 0 Å². The molecule has 0 spiro atoms. The first-order valence-electron chi connectivity index (χ1n) is 6.28. The highest BCUT2D eigenvalue weighted by atomic mass is 16.5. The van der Waals surface area contributed by atoms with Gasteiger partial charge in [-0.15, -0.1) is 0 Å². The molecule has 2 atom stereocenters. The van der Waals surface area contributed by atoms with Crippen LogP contribution in [-0.4, -0.2) is 60.9 Å². The number of hydrogen-bond acceptors (Lipinski definition) is 4. The SMILES string of the molecule is CC(C)CNC(=O)C(C)N1CCOC(CO)C1. The van der Waals surface area contributed by atoms with Crippen molar-refractivity contribution in [1.29, 1.82) is 0 Å². The number of rotatable bonds is 5. The Bertz CT molecular complexity index is 246. The van der Waals surface area contributed by atoms with Crippen LogP contribution >= 0.6 is 0 Å². The third-order valence-corrected chi connectivity index (χ3v) is 2.99. The van der Waals surface area contributed by atoms with E-state index >= 15 is 0 Å². The lowest BCUT2D eigenvalue weighted by Gasteiger charge is -2.35. The highest BCUT2D eigenvalue weighted by molar-refractivity contribution is 5.81. The van der Waals surface area contributed by atoms with Crippen LogP contribution in [0.2, 0.25) is 0 Å². The molecule has 0 aromatic carbocycles. The first-order chi connectivity index (χ1) is 8.04. The summed E-state index contributed by atoms with van der Waals surface area (Å²) in [5, 5.41) is 12.0. The fourth-order valence-electron chi connectivity index (χ4n) is 1.82. The summed E-state index contributed by atoms with van der Waals surface area (Å²) in [6.07, 6.45) is -0.163. The lowest BCUT2D eigenvalue weighted by Crippen LogP contribution is -2.53. The third kappa shape index (κ3) is 4.61. The van der Waals surface area contributed by atoms with Crippen LogP contribution in [0.1, 0.15) is 20.8 Å². The molecule has 100 valence electrons. The Labute approximate surface area is 103 Å². The maximum Gasteiger partial charge on any atom is 0.237 e. The van der Waals surface area contributed by atoms with E-state index in [4.69, 9.17) is 9.84 Å². The Kier molecular flexibility index (Phi) is 5.88. The number of ether oxygens (including phenoxy) is 1. The van der Waals surface area contributed by atoms with Crippen LogP contribution in [0, 0.1) is 5.92 Å². The molecule has 1 amide bonds. The summed E-state index contributed by atoms with van der Waals surface area (Å²) in [5.74, 6) is 0.512. The summed E-state index contributed by atoms with van der Waals surface area (Å²) in [7, 11) is 0. The van der Waals surface area contributed by atoms with Gasteiger partial charge in [-0.2, -0.15) is 0 Å². The molecule has 0 saturated carbocycles. The molecule has 5 nitrogen and oxygen atoms in total. The minimum absolute atomic E-state index is 0.0107. The van der Waals surface area contributed by atoms with Crippen molar-refractivity contribution in [3.8, 4) is 0 Å². The molecule has 5 heteroatoms. The first kappa shape index (κ1) is 14.4. The van der Waals surface area contributed by atoms with Gasteiger partial charge in [-0.1, -0.05) is 13.8 Å². The second-order valence-electron chi connectivity index (χ2n) is 4.99. The molecule has 1 aliphatic rings. The second kappa shape index (κ2) is 6.93. The first-order valence-corrected chi connectivity index (χ1v) is 6.28. The van der Waals surface area contributed by atoms with E-state index in [0.29, 0.717) is 25.6 Å². The number of hydrogen-bond donors (Lipinski definition) is 2. The zero-order valence-electron chi connectivity index (χ0n) is 11.0. The number of carbonyl (C=O) groups excluding carboxylic acids is 1. The van der Waals surface area contributed by atoms with Gasteiger partial charge in [-0.05, 0) is 12.8 Å². The second-order valence-corrected chi connectivity index (χ2v) is 4.99. The molecule has 0 aromatic heterocycles. The third-order valence-electron chi connectivity index (χ3n) is 2.99. The average Bonchev–Trinajstić information content (AvgIpc) is 2.35. The van der Waals surface area contributed by atoms with E-state index in [1.165, 1.54) is 0 Å². The number of nitrogens with zero attached hydrogens (tertiary/aromatic N) is 1. The van der Waals surface area contributed by atoms with Crippen LogP contribution in [0.15, 0.2) is 0 Å². The van der Waals surface area contributed by atoms with Gasteiger partial charge in [0.15, 0.2) is 0 Å². The van der Waals surface area contributed by atoms with Crippen LogP contribution in [0.3, 0.4) is 0 Å². The van der Waals surface area contributed by atoms with Crippen molar-refractivity contribution in [3.05, 3.63) is 0 Å². The fraction of sp³-hybridized carbons (Fsp3) is 0.917. The number of aliphatic hydroxyl groups is 1. The van der Waals surface area contributed by atoms with Crippen LogP contribution in [0.4, 0.5) is 0 Å². The molecular formula is C12H24N2O3. The molecule has 0 aliphatic carbocycles. The number of morpholine rings is 1. The van der Waals surface area contributed by atoms with Gasteiger partial charge in [0, 0.05) is 19.6 Å². The van der Waals surface area contributed by atoms with E-state index < -0.39 is 0 Å². The summed E-state index contributed by atoms with van der Waals surface area (Å²) >= 11 is 0. The predicted molar refractivity (Wildman–Crippen MR) is 65.7 cm³/mol. The normalized spacial score (nSPS) is 23.7. The molecule has 0 aromatic rings. The molecule has 1 saturated heterocycles. The van der Waals surface area contributed by atoms with Gasteiger partial charge in [-0.25, -0.2) is 0 Å². The molecule has 0 bridgehead atoms. The number of amides is 1. The molecule has 1 aliphatic heterocycles. The number of carbonyl (C=O) groups is 1. The Hall–Kier alpha value is -0.650. The quantitative estimate of drug-likeness (QED) is 0.705. The summed E-state index contributed by atoms with van der Waals surface area (Å²) in [5.41, 5.74) is 0. The van der Waals surface area contributed by atoms with Gasteiger partial charge in [-0.3, -0.25) is 9.69 Å². The lowest BCUT2D eigenvalue weighted by atomic mass is 10.2. The summed E-state index contributed by atoms with van der Waals surface area (Å²) in [4.78, 5) is 13.9. The minimum Gasteiger partial charge on any atom is -0.394 e. The molecule has 1 fully saturated rings. The molecule has 0 radical (unpaired) electrons. The zero-order valence-corrected chi connectivity index (χ0v) is 11.0. The minimum atomic E-state index is -0.163. The van der Waals surface area contributed by atoms with Crippen LogP contribution in [0.5, 0.6) is 0 Å². The van der Waals surface area contributed by atoms with Gasteiger partial charge in [0.1, 0.15) is 0 Å². The van der Waals surface area contributed by atoms with Gasteiger partial charge in [0.05, 0.1) is 25.4 Å². The summed E-state index contributed by atoms with van der Waals surface area (Å²) in [6, 6.07) is -0.160. The van der Waals surface area contributed by atoms with Crippen molar-refractivity contribution in [3.63, 3.8) is 0 Å². The van der Waals surface area contributed by atoms with Crippen molar-refractivity contribution in [2.45, 2.75) is 32.9 Å². The molecule has 2 unspecified atom stereocenters. The maximum atomic E-state index is 11.9. The van der Waals surface area contributed by atoms with Crippen molar-refractivity contribution >= 4 is 5.91 Å². The van der Waals surface area contributed by atoms with Crippen LogP contribution < -0.4 is 5.32 Å². The molecule has 1 rings (SSSR count). The molecule has 2 N–H and O–H groups in total. The smallest absolute Gasteiger partial charge is 0.237 e. The van der Waals surface area contributed by atoms with E-state index in [1.807, 2.05) is 6.92 Å². The van der Waals surface area contributed by atoms with Crippen molar-refractivity contribution in [2.24, 2.45) is 5.92 Å². The topological polar surface area (TPSA) is 61.8 Å². The summed E-state index contributed by atoms with van der Waals surface area (Å²) in [6.45, 7) is 8.69. The zero-order chi connectivity index (χ0) is 12.8. The Morgan fingerprint density at radius 3 is 2.82 bits per heavy atom. The van der Waals surface area contributed by atoms with Gasteiger partial charge in [0.2, 0.25) is 5.91 Å². The highest BCUT2D eigenvalue weighted by Gasteiger charge is 2.27. The fourth-order valence-corrected chi connectivity index (χ4v) is 1.82. The Balaban J connectivity index is 2.39. The number of aliphatic hydroxyl groups excluding tert-OH is 1. The summed E-state index contributed by atoms with van der Waals surface area (Å²) < 4.78 is 5.36. The predicted octanol–water partition coefficient (Wildman–Crippen LogP) is -0.160. The highest BCUT2D eigenvalue weighted by Crippen LogP contribution is 2.08. The maximum absolute atomic E-state index is 11.9. The standard InChI is InChI=1S/C12H24N2O3/c1-9(2)6-13-12(16)10(3)14-4-5-17-11(7-14)8-15/h9-11,15H,4-8H2,1-3H3,(H,13,16). The average molecular weight is 244 g/mol. The van der Waals surface area contributed by atoms with Crippen LogP contribution in [0.25, 0.3) is 0 Å². The van der Waals surface area contributed by atoms with E-state index in [-0.39, 0.29) is 24.7 Å². The monoisotopic (exact) mass is 244 g/mol. The van der Waals surface area contributed by atoms with Crippen molar-refractivity contribution < 1.29 is 14.6 Å². The Morgan fingerprint density at radius 2 is 2.24 bits per heavy atom. The molecular weight excluding hydrogens is 220 g/mol. The molecule has 1 heterocycles. The van der Waals surface area contributed by atoms with Crippen LogP contribution in [-0.2, 0) is 9.53 Å². The lowest BCUT2D eigenvalue weighted by molar-refractivity contribution is -0.130. The van der Waals surface area contributed by atoms with E-state index in [2.05, 4.69) is 24.1 Å². The van der Waals surface area contributed by atoms with Gasteiger partial charge >= 0.3 is 0 Å². The van der Waals surface area contributed by atoms with E-state index in [0.717, 1.165) is 6.54 Å². The number of nitrogens with one attached hydrogen (secondary N) is 1. The van der Waals surface area contributed by atoms with Crippen molar-refractivity contribution in [2.75, 3.05) is 32.8 Å². The van der Waals surface area contributed by atoms with E-state index in [1.54, 1.807) is 0 Å².